The van der Waals surface area contributed by atoms with Gasteiger partial charge in [0.25, 0.3) is 0 Å². The standard InChI is InChI=1S/C10H21N3O3/c1-7(2)13(4)6-5-11-10(16)12-8(3)9(14)15/h7-8H,5-6H2,1-4H3,(H,14,15)(H2,11,12,16)/t8-/m0/s1. The van der Waals surface area contributed by atoms with E-state index in [-0.39, 0.29) is 0 Å². The van der Waals surface area contributed by atoms with Gasteiger partial charge >= 0.3 is 12.0 Å². The van der Waals surface area contributed by atoms with Crippen LogP contribution in [0, 0.1) is 0 Å². The van der Waals surface area contributed by atoms with E-state index >= 15 is 0 Å². The molecule has 0 fully saturated rings. The smallest absolute Gasteiger partial charge is 0.325 e. The van der Waals surface area contributed by atoms with Crippen LogP contribution in [0.2, 0.25) is 0 Å². The van der Waals surface area contributed by atoms with Gasteiger partial charge in [-0.15, -0.1) is 0 Å². The number of rotatable bonds is 6. The Labute approximate surface area is 96.0 Å². The Morgan fingerprint density at radius 2 is 1.88 bits per heavy atom. The topological polar surface area (TPSA) is 81.7 Å². The van der Waals surface area contributed by atoms with Gasteiger partial charge in [-0.05, 0) is 27.8 Å². The molecule has 1 atom stereocenters. The number of carbonyl (C=O) groups is 2. The monoisotopic (exact) mass is 231 g/mol. The van der Waals surface area contributed by atoms with E-state index in [4.69, 9.17) is 5.11 Å². The fourth-order valence-corrected chi connectivity index (χ4v) is 0.913. The number of aliphatic carboxylic acids is 1. The number of amides is 2. The summed E-state index contributed by atoms with van der Waals surface area (Å²) in [6.45, 7) is 6.76. The molecule has 0 saturated heterocycles. The maximum absolute atomic E-state index is 11.2. The molecule has 94 valence electrons. The lowest BCUT2D eigenvalue weighted by atomic mass is 10.3. The van der Waals surface area contributed by atoms with Crippen LogP contribution in [0.15, 0.2) is 0 Å². The van der Waals surface area contributed by atoms with Gasteiger partial charge in [-0.1, -0.05) is 0 Å². The first-order chi connectivity index (χ1) is 7.34. The molecule has 0 aliphatic rings. The lowest BCUT2D eigenvalue weighted by Crippen LogP contribution is -2.46. The first kappa shape index (κ1) is 14.7. The third-order valence-corrected chi connectivity index (χ3v) is 2.35. The molecule has 0 aliphatic carbocycles. The van der Waals surface area contributed by atoms with E-state index in [1.165, 1.54) is 6.92 Å². The first-order valence-electron chi connectivity index (χ1n) is 5.32. The molecule has 0 unspecified atom stereocenters. The average molecular weight is 231 g/mol. The highest BCUT2D eigenvalue weighted by Crippen LogP contribution is 1.90. The summed E-state index contributed by atoms with van der Waals surface area (Å²) in [4.78, 5) is 23.7. The zero-order valence-corrected chi connectivity index (χ0v) is 10.3. The molecule has 0 heterocycles. The van der Waals surface area contributed by atoms with Crippen molar-refractivity contribution in [1.82, 2.24) is 15.5 Å². The van der Waals surface area contributed by atoms with E-state index in [0.717, 1.165) is 6.54 Å². The quantitative estimate of drug-likeness (QED) is 0.605. The largest absolute Gasteiger partial charge is 0.480 e. The Morgan fingerprint density at radius 3 is 2.31 bits per heavy atom. The van der Waals surface area contributed by atoms with E-state index < -0.39 is 18.0 Å². The van der Waals surface area contributed by atoms with Gasteiger partial charge in [-0.25, -0.2) is 4.79 Å². The maximum Gasteiger partial charge on any atom is 0.325 e. The van der Waals surface area contributed by atoms with Gasteiger partial charge in [0.05, 0.1) is 0 Å². The molecule has 0 rings (SSSR count). The Balaban J connectivity index is 3.70. The van der Waals surface area contributed by atoms with E-state index in [1.54, 1.807) is 0 Å². The molecule has 0 aromatic heterocycles. The number of carboxylic acids is 1. The molecule has 0 aromatic carbocycles. The number of likely N-dealkylation sites (N-methyl/N-ethyl adjacent to an activating group) is 1. The summed E-state index contributed by atoms with van der Waals surface area (Å²) in [5, 5.41) is 13.5. The van der Waals surface area contributed by atoms with Crippen molar-refractivity contribution in [1.29, 1.82) is 0 Å². The molecule has 0 spiro atoms. The number of hydrogen-bond donors (Lipinski definition) is 3. The maximum atomic E-state index is 11.2. The van der Waals surface area contributed by atoms with Crippen molar-refractivity contribution in [2.75, 3.05) is 20.1 Å². The number of carboxylic acid groups (broad SMARTS) is 1. The van der Waals surface area contributed by atoms with Crippen molar-refractivity contribution in [3.8, 4) is 0 Å². The number of nitrogens with one attached hydrogen (secondary N) is 2. The fraction of sp³-hybridized carbons (Fsp3) is 0.800. The molecule has 3 N–H and O–H groups in total. The second-order valence-corrected chi connectivity index (χ2v) is 4.03. The minimum atomic E-state index is -1.05. The summed E-state index contributed by atoms with van der Waals surface area (Å²) in [5.74, 6) is -1.05. The predicted octanol–water partition coefficient (Wildman–Crippen LogP) is 0.0989. The molecule has 0 bridgehead atoms. The summed E-state index contributed by atoms with van der Waals surface area (Å²) in [5.41, 5.74) is 0. The number of carbonyl (C=O) groups excluding carboxylic acids is 1. The summed E-state index contributed by atoms with van der Waals surface area (Å²) in [7, 11) is 1.96. The zero-order valence-electron chi connectivity index (χ0n) is 10.3. The number of nitrogens with zero attached hydrogens (tertiary/aromatic N) is 1. The molecule has 2 amide bonds. The number of urea groups is 1. The van der Waals surface area contributed by atoms with Gasteiger partial charge < -0.3 is 20.6 Å². The van der Waals surface area contributed by atoms with Crippen LogP contribution in [0.1, 0.15) is 20.8 Å². The summed E-state index contributed by atoms with van der Waals surface area (Å²) in [6, 6.07) is -0.905. The van der Waals surface area contributed by atoms with Gasteiger partial charge in [-0.2, -0.15) is 0 Å². The molecule has 0 saturated carbocycles. The predicted molar refractivity (Wildman–Crippen MR) is 61.4 cm³/mol. The van der Waals surface area contributed by atoms with E-state index in [0.29, 0.717) is 12.6 Å². The van der Waals surface area contributed by atoms with Crippen LogP contribution in [0.4, 0.5) is 4.79 Å². The fourth-order valence-electron chi connectivity index (χ4n) is 0.913. The summed E-state index contributed by atoms with van der Waals surface area (Å²) < 4.78 is 0. The SMILES string of the molecule is CC(C)N(C)CCNC(=O)N[C@@H](C)C(=O)O. The summed E-state index contributed by atoms with van der Waals surface area (Å²) in [6.07, 6.45) is 0. The minimum absolute atomic E-state index is 0.419. The van der Waals surface area contributed by atoms with Crippen molar-refractivity contribution < 1.29 is 14.7 Å². The second-order valence-electron chi connectivity index (χ2n) is 4.03. The highest BCUT2D eigenvalue weighted by molar-refractivity contribution is 5.82. The van der Waals surface area contributed by atoms with Crippen LogP contribution in [0.3, 0.4) is 0 Å². The molecule has 0 aliphatic heterocycles. The van der Waals surface area contributed by atoms with Crippen molar-refractivity contribution in [3.05, 3.63) is 0 Å². The average Bonchev–Trinajstić information content (AvgIpc) is 2.16. The number of hydrogen-bond acceptors (Lipinski definition) is 3. The highest BCUT2D eigenvalue weighted by Gasteiger charge is 2.13. The Morgan fingerprint density at radius 1 is 1.31 bits per heavy atom. The molecule has 6 heteroatoms. The Bertz CT molecular complexity index is 243. The van der Waals surface area contributed by atoms with Crippen LogP contribution in [0.5, 0.6) is 0 Å². The summed E-state index contributed by atoms with van der Waals surface area (Å²) >= 11 is 0. The first-order valence-corrected chi connectivity index (χ1v) is 5.32. The van der Waals surface area contributed by atoms with Gasteiger partial charge in [-0.3, -0.25) is 4.79 Å². The molecule has 0 radical (unpaired) electrons. The third-order valence-electron chi connectivity index (χ3n) is 2.35. The molecular weight excluding hydrogens is 210 g/mol. The van der Waals surface area contributed by atoms with Crippen LogP contribution < -0.4 is 10.6 Å². The van der Waals surface area contributed by atoms with Crippen molar-refractivity contribution in [3.63, 3.8) is 0 Å². The van der Waals surface area contributed by atoms with Crippen molar-refractivity contribution in [2.24, 2.45) is 0 Å². The van der Waals surface area contributed by atoms with Gasteiger partial charge in [0.2, 0.25) is 0 Å². The van der Waals surface area contributed by atoms with Crippen molar-refractivity contribution in [2.45, 2.75) is 32.9 Å². The second kappa shape index (κ2) is 7.05. The lowest BCUT2D eigenvalue weighted by Gasteiger charge is -2.21. The Hall–Kier alpha value is -1.30. The third kappa shape index (κ3) is 6.23. The van der Waals surface area contributed by atoms with Crippen LogP contribution in [-0.4, -0.2) is 54.2 Å². The zero-order chi connectivity index (χ0) is 12.7. The normalized spacial score (nSPS) is 12.6. The molecule has 6 nitrogen and oxygen atoms in total. The van der Waals surface area contributed by atoms with E-state index in [2.05, 4.69) is 29.4 Å². The molecule has 0 aromatic rings. The van der Waals surface area contributed by atoms with Crippen LogP contribution in [-0.2, 0) is 4.79 Å². The molecular formula is C10H21N3O3. The van der Waals surface area contributed by atoms with Gasteiger partial charge in [0.15, 0.2) is 0 Å². The van der Waals surface area contributed by atoms with E-state index in [1.807, 2.05) is 7.05 Å². The van der Waals surface area contributed by atoms with Crippen LogP contribution >= 0.6 is 0 Å². The molecule has 16 heavy (non-hydrogen) atoms. The van der Waals surface area contributed by atoms with Gasteiger partial charge in [0.1, 0.15) is 6.04 Å². The van der Waals surface area contributed by atoms with Crippen molar-refractivity contribution >= 4 is 12.0 Å². The Kier molecular flexibility index (Phi) is 6.48. The highest BCUT2D eigenvalue weighted by atomic mass is 16.4. The van der Waals surface area contributed by atoms with Crippen LogP contribution in [0.25, 0.3) is 0 Å². The van der Waals surface area contributed by atoms with E-state index in [9.17, 15) is 9.59 Å². The minimum Gasteiger partial charge on any atom is -0.480 e. The van der Waals surface area contributed by atoms with Gasteiger partial charge in [0, 0.05) is 19.1 Å². The lowest BCUT2D eigenvalue weighted by molar-refractivity contribution is -0.138.